The smallest absolute Gasteiger partial charge is 0.225 e. The fraction of sp³-hybridized carbons (Fsp3) is 0.462. The van der Waals surface area contributed by atoms with Gasteiger partial charge in [0.25, 0.3) is 0 Å². The highest BCUT2D eigenvalue weighted by molar-refractivity contribution is 6.43. The third kappa shape index (κ3) is 5.25. The molecule has 1 amide bonds. The van der Waals surface area contributed by atoms with Crippen LogP contribution in [0.3, 0.4) is 0 Å². The molecule has 0 aliphatic rings. The van der Waals surface area contributed by atoms with Crippen molar-refractivity contribution >= 4 is 34.8 Å². The van der Waals surface area contributed by atoms with Gasteiger partial charge in [-0.25, -0.2) is 0 Å². The molecule has 0 spiro atoms. The second kappa shape index (κ2) is 7.62. The zero-order chi connectivity index (χ0) is 13.5. The fourth-order valence-corrected chi connectivity index (χ4v) is 1.75. The van der Waals surface area contributed by atoms with Gasteiger partial charge in [-0.05, 0) is 24.6 Å². The summed E-state index contributed by atoms with van der Waals surface area (Å²) >= 11 is 11.8. The Bertz CT molecular complexity index is 408. The lowest BCUT2D eigenvalue weighted by Gasteiger charge is -2.09. The van der Waals surface area contributed by atoms with Crippen molar-refractivity contribution in [2.75, 3.05) is 18.4 Å². The van der Waals surface area contributed by atoms with Crippen molar-refractivity contribution in [3.8, 4) is 0 Å². The second-order valence-electron chi connectivity index (χ2n) is 4.50. The minimum absolute atomic E-state index is 0.0737. The molecular weight excluding hydrogens is 271 g/mol. The standard InChI is InChI=1S/C13H18Cl2N2O/c1-9(2)8-16-7-6-12(18)17-11-5-3-4-10(14)13(11)15/h3-5,9,16H,6-8H2,1-2H3,(H,17,18). The molecule has 5 heteroatoms. The lowest BCUT2D eigenvalue weighted by Crippen LogP contribution is -2.25. The van der Waals surface area contributed by atoms with Crippen LogP contribution in [-0.4, -0.2) is 19.0 Å². The number of carbonyl (C=O) groups excluding carboxylic acids is 1. The highest BCUT2D eigenvalue weighted by Gasteiger charge is 2.07. The van der Waals surface area contributed by atoms with Gasteiger partial charge in [0.2, 0.25) is 5.91 Å². The Morgan fingerprint density at radius 3 is 2.72 bits per heavy atom. The predicted octanol–water partition coefficient (Wildman–Crippen LogP) is 3.57. The summed E-state index contributed by atoms with van der Waals surface area (Å²) in [5, 5.41) is 6.77. The third-order valence-corrected chi connectivity index (χ3v) is 3.13. The summed E-state index contributed by atoms with van der Waals surface area (Å²) in [5.74, 6) is 0.505. The molecule has 100 valence electrons. The van der Waals surface area contributed by atoms with Gasteiger partial charge in [-0.1, -0.05) is 43.1 Å². The van der Waals surface area contributed by atoms with E-state index in [1.54, 1.807) is 18.2 Å². The molecule has 0 atom stereocenters. The second-order valence-corrected chi connectivity index (χ2v) is 5.28. The number of carbonyl (C=O) groups is 1. The maximum absolute atomic E-state index is 11.7. The van der Waals surface area contributed by atoms with Crippen LogP contribution in [0.2, 0.25) is 10.0 Å². The molecule has 0 fully saturated rings. The van der Waals surface area contributed by atoms with Crippen molar-refractivity contribution in [3.63, 3.8) is 0 Å². The van der Waals surface area contributed by atoms with Crippen LogP contribution < -0.4 is 10.6 Å². The minimum atomic E-state index is -0.0737. The zero-order valence-corrected chi connectivity index (χ0v) is 12.1. The van der Waals surface area contributed by atoms with Gasteiger partial charge in [-0.2, -0.15) is 0 Å². The van der Waals surface area contributed by atoms with E-state index in [1.165, 1.54) is 0 Å². The largest absolute Gasteiger partial charge is 0.325 e. The van der Waals surface area contributed by atoms with Crippen LogP contribution in [0.5, 0.6) is 0 Å². The van der Waals surface area contributed by atoms with Gasteiger partial charge < -0.3 is 10.6 Å². The molecule has 0 saturated heterocycles. The van der Waals surface area contributed by atoms with Gasteiger partial charge >= 0.3 is 0 Å². The Morgan fingerprint density at radius 1 is 1.33 bits per heavy atom. The van der Waals surface area contributed by atoms with Crippen molar-refractivity contribution in [3.05, 3.63) is 28.2 Å². The number of nitrogens with one attached hydrogen (secondary N) is 2. The maximum Gasteiger partial charge on any atom is 0.225 e. The summed E-state index contributed by atoms with van der Waals surface area (Å²) in [6.45, 7) is 5.81. The minimum Gasteiger partial charge on any atom is -0.325 e. The first-order valence-corrected chi connectivity index (χ1v) is 6.71. The van der Waals surface area contributed by atoms with Gasteiger partial charge in [0, 0.05) is 13.0 Å². The normalized spacial score (nSPS) is 10.7. The van der Waals surface area contributed by atoms with Crippen LogP contribution in [0.15, 0.2) is 18.2 Å². The van der Waals surface area contributed by atoms with E-state index in [0.717, 1.165) is 6.54 Å². The quantitative estimate of drug-likeness (QED) is 0.786. The summed E-state index contributed by atoms with van der Waals surface area (Å²) < 4.78 is 0. The van der Waals surface area contributed by atoms with E-state index in [0.29, 0.717) is 34.6 Å². The summed E-state index contributed by atoms with van der Waals surface area (Å²) in [6.07, 6.45) is 0.412. The summed E-state index contributed by atoms with van der Waals surface area (Å²) in [5.41, 5.74) is 0.554. The Hall–Kier alpha value is -0.770. The first kappa shape index (κ1) is 15.3. The first-order chi connectivity index (χ1) is 8.50. The number of rotatable bonds is 6. The van der Waals surface area contributed by atoms with Crippen molar-refractivity contribution in [1.29, 1.82) is 0 Å². The Kier molecular flexibility index (Phi) is 6.47. The van der Waals surface area contributed by atoms with Crippen molar-refractivity contribution < 1.29 is 4.79 Å². The summed E-state index contributed by atoms with van der Waals surface area (Å²) in [7, 11) is 0. The molecule has 0 saturated carbocycles. The predicted molar refractivity (Wildman–Crippen MR) is 77.4 cm³/mol. The number of anilines is 1. The van der Waals surface area contributed by atoms with E-state index >= 15 is 0 Å². The highest BCUT2D eigenvalue weighted by Crippen LogP contribution is 2.29. The molecule has 3 nitrogen and oxygen atoms in total. The number of benzene rings is 1. The molecule has 0 radical (unpaired) electrons. The lowest BCUT2D eigenvalue weighted by molar-refractivity contribution is -0.116. The number of halogens is 2. The van der Waals surface area contributed by atoms with Crippen molar-refractivity contribution in [2.45, 2.75) is 20.3 Å². The Balaban J connectivity index is 2.38. The lowest BCUT2D eigenvalue weighted by atomic mass is 10.2. The molecule has 1 aromatic carbocycles. The molecule has 18 heavy (non-hydrogen) atoms. The molecule has 1 aromatic rings. The van der Waals surface area contributed by atoms with E-state index in [4.69, 9.17) is 23.2 Å². The van der Waals surface area contributed by atoms with E-state index in [1.807, 2.05) is 0 Å². The van der Waals surface area contributed by atoms with Gasteiger partial charge in [0.05, 0.1) is 15.7 Å². The monoisotopic (exact) mass is 288 g/mol. The fourth-order valence-electron chi connectivity index (χ4n) is 1.41. The van der Waals surface area contributed by atoms with Crippen LogP contribution in [0.25, 0.3) is 0 Å². The van der Waals surface area contributed by atoms with Gasteiger partial charge in [-0.15, -0.1) is 0 Å². The van der Waals surface area contributed by atoms with Crippen LogP contribution in [0.1, 0.15) is 20.3 Å². The van der Waals surface area contributed by atoms with Gasteiger partial charge in [0.15, 0.2) is 0 Å². The van der Waals surface area contributed by atoms with Crippen molar-refractivity contribution in [2.24, 2.45) is 5.92 Å². The van der Waals surface area contributed by atoms with Crippen molar-refractivity contribution in [1.82, 2.24) is 5.32 Å². The van der Waals surface area contributed by atoms with E-state index in [9.17, 15) is 4.79 Å². The molecule has 2 N–H and O–H groups in total. The van der Waals surface area contributed by atoms with Gasteiger partial charge in [-0.3, -0.25) is 4.79 Å². The molecule has 0 aromatic heterocycles. The van der Waals surface area contributed by atoms with Crippen LogP contribution in [0, 0.1) is 5.92 Å². The maximum atomic E-state index is 11.7. The third-order valence-electron chi connectivity index (χ3n) is 2.31. The number of hydrogen-bond acceptors (Lipinski definition) is 2. The summed E-state index contributed by atoms with van der Waals surface area (Å²) in [6, 6.07) is 5.16. The first-order valence-electron chi connectivity index (χ1n) is 5.95. The molecule has 1 rings (SSSR count). The van der Waals surface area contributed by atoms with Crippen LogP contribution >= 0.6 is 23.2 Å². The highest BCUT2D eigenvalue weighted by atomic mass is 35.5. The Labute approximate surface area is 118 Å². The van der Waals surface area contributed by atoms with Crippen LogP contribution in [0.4, 0.5) is 5.69 Å². The Morgan fingerprint density at radius 2 is 2.06 bits per heavy atom. The molecule has 0 aliphatic heterocycles. The zero-order valence-electron chi connectivity index (χ0n) is 10.6. The molecule has 0 heterocycles. The van der Waals surface area contributed by atoms with E-state index in [-0.39, 0.29) is 5.91 Å². The molecular formula is C13H18Cl2N2O. The van der Waals surface area contributed by atoms with Gasteiger partial charge in [0.1, 0.15) is 0 Å². The summed E-state index contributed by atoms with van der Waals surface area (Å²) in [4.78, 5) is 11.7. The van der Waals surface area contributed by atoms with E-state index in [2.05, 4.69) is 24.5 Å². The van der Waals surface area contributed by atoms with Crippen LogP contribution in [-0.2, 0) is 4.79 Å². The average molecular weight is 289 g/mol. The molecule has 0 unspecified atom stereocenters. The topological polar surface area (TPSA) is 41.1 Å². The number of amides is 1. The SMILES string of the molecule is CC(C)CNCCC(=O)Nc1cccc(Cl)c1Cl. The average Bonchev–Trinajstić information content (AvgIpc) is 2.30. The molecule has 0 aliphatic carbocycles. The molecule has 0 bridgehead atoms. The number of hydrogen-bond donors (Lipinski definition) is 2. The van der Waals surface area contributed by atoms with E-state index < -0.39 is 0 Å².